The van der Waals surface area contributed by atoms with E-state index in [9.17, 15) is 9.50 Å². The van der Waals surface area contributed by atoms with Crippen molar-refractivity contribution in [2.45, 2.75) is 25.1 Å². The maximum Gasteiger partial charge on any atom is 0.214 e. The molecule has 0 aliphatic heterocycles. The van der Waals surface area contributed by atoms with Crippen LogP contribution in [0.2, 0.25) is 0 Å². The molecule has 0 saturated carbocycles. The summed E-state index contributed by atoms with van der Waals surface area (Å²) in [6.07, 6.45) is -0.714. The first-order chi connectivity index (χ1) is 12.5. The molecular weight excluding hydrogens is 355 g/mol. The number of ether oxygens (including phenoxy) is 1. The second kappa shape index (κ2) is 8.29. The lowest BCUT2D eigenvalue weighted by Crippen LogP contribution is -2.20. The number of aliphatic hydroxyl groups excluding tert-OH is 1. The van der Waals surface area contributed by atoms with E-state index in [2.05, 4.69) is 21.6 Å². The van der Waals surface area contributed by atoms with Crippen molar-refractivity contribution in [1.82, 2.24) is 20.2 Å². The van der Waals surface area contributed by atoms with Gasteiger partial charge in [-0.1, -0.05) is 29.5 Å². The van der Waals surface area contributed by atoms with E-state index in [1.807, 2.05) is 26.0 Å². The van der Waals surface area contributed by atoms with Crippen molar-refractivity contribution in [2.24, 2.45) is 0 Å². The van der Waals surface area contributed by atoms with Crippen LogP contribution in [0.5, 0.6) is 5.75 Å². The number of aromatic nitrogens is 4. The standard InChI is InChI=1S/C18H19FN4O2S/c1-12-3-8-17(13(2)9-12)23-18(20-21-22-23)26-11-15(24)10-25-16-6-4-14(19)5-7-16/h3-9,15,24H,10-11H2,1-2H3/t15-/m0/s1. The van der Waals surface area contributed by atoms with Crippen molar-refractivity contribution in [3.63, 3.8) is 0 Å². The Kier molecular flexibility index (Phi) is 5.85. The summed E-state index contributed by atoms with van der Waals surface area (Å²) in [5.41, 5.74) is 3.14. The van der Waals surface area contributed by atoms with Crippen LogP contribution in [0.3, 0.4) is 0 Å². The molecule has 0 bridgehead atoms. The highest BCUT2D eigenvalue weighted by Gasteiger charge is 2.14. The molecule has 26 heavy (non-hydrogen) atoms. The molecule has 2 aromatic carbocycles. The van der Waals surface area contributed by atoms with Crippen LogP contribution in [0.4, 0.5) is 4.39 Å². The third-order valence-corrected chi connectivity index (χ3v) is 4.75. The van der Waals surface area contributed by atoms with Gasteiger partial charge in [0.25, 0.3) is 0 Å². The van der Waals surface area contributed by atoms with Crippen LogP contribution in [0, 0.1) is 19.7 Å². The molecule has 0 saturated heterocycles. The minimum Gasteiger partial charge on any atom is -0.491 e. The van der Waals surface area contributed by atoms with Gasteiger partial charge in [-0.15, -0.1) is 5.10 Å². The Morgan fingerprint density at radius 3 is 2.69 bits per heavy atom. The van der Waals surface area contributed by atoms with Crippen molar-refractivity contribution in [3.8, 4) is 11.4 Å². The van der Waals surface area contributed by atoms with Gasteiger partial charge in [0, 0.05) is 5.75 Å². The molecule has 1 heterocycles. The average molecular weight is 374 g/mol. The Balaban J connectivity index is 1.58. The van der Waals surface area contributed by atoms with Crippen molar-refractivity contribution < 1.29 is 14.2 Å². The van der Waals surface area contributed by atoms with Crippen LogP contribution in [0.1, 0.15) is 11.1 Å². The average Bonchev–Trinajstić information content (AvgIpc) is 3.08. The molecule has 0 aliphatic rings. The van der Waals surface area contributed by atoms with Crippen LogP contribution in [0.25, 0.3) is 5.69 Å². The van der Waals surface area contributed by atoms with Gasteiger partial charge in [0.1, 0.15) is 18.2 Å². The Labute approximate surface area is 155 Å². The second-order valence-electron chi connectivity index (χ2n) is 5.89. The number of halogens is 1. The Bertz CT molecular complexity index is 870. The molecule has 136 valence electrons. The van der Waals surface area contributed by atoms with Crippen molar-refractivity contribution in [2.75, 3.05) is 12.4 Å². The van der Waals surface area contributed by atoms with E-state index in [0.29, 0.717) is 16.7 Å². The van der Waals surface area contributed by atoms with E-state index in [1.165, 1.54) is 41.6 Å². The summed E-state index contributed by atoms with van der Waals surface area (Å²) in [4.78, 5) is 0. The summed E-state index contributed by atoms with van der Waals surface area (Å²) < 4.78 is 20.0. The summed E-state index contributed by atoms with van der Waals surface area (Å²) >= 11 is 1.34. The molecule has 3 rings (SSSR count). The third-order valence-electron chi connectivity index (χ3n) is 3.68. The molecule has 6 nitrogen and oxygen atoms in total. The molecule has 8 heteroatoms. The van der Waals surface area contributed by atoms with Crippen molar-refractivity contribution in [1.29, 1.82) is 0 Å². The monoisotopic (exact) mass is 374 g/mol. The van der Waals surface area contributed by atoms with Gasteiger partial charge in [0.2, 0.25) is 5.16 Å². The van der Waals surface area contributed by atoms with Crippen molar-refractivity contribution >= 4 is 11.8 Å². The normalized spacial score (nSPS) is 12.2. The Morgan fingerprint density at radius 2 is 1.96 bits per heavy atom. The van der Waals surface area contributed by atoms with E-state index < -0.39 is 6.10 Å². The number of aliphatic hydroxyl groups is 1. The van der Waals surface area contributed by atoms with Crippen LogP contribution >= 0.6 is 11.8 Å². The van der Waals surface area contributed by atoms with E-state index in [1.54, 1.807) is 4.68 Å². The molecule has 1 aromatic heterocycles. The van der Waals surface area contributed by atoms with Gasteiger partial charge in [0.05, 0.1) is 11.8 Å². The van der Waals surface area contributed by atoms with Crippen LogP contribution < -0.4 is 4.74 Å². The molecule has 0 aliphatic carbocycles. The maximum atomic E-state index is 12.9. The first-order valence-electron chi connectivity index (χ1n) is 8.08. The molecule has 0 fully saturated rings. The molecular formula is C18H19FN4O2S. The molecule has 0 spiro atoms. The summed E-state index contributed by atoms with van der Waals surface area (Å²) in [6, 6.07) is 11.7. The summed E-state index contributed by atoms with van der Waals surface area (Å²) in [6.45, 7) is 4.14. The Morgan fingerprint density at radius 1 is 1.19 bits per heavy atom. The summed E-state index contributed by atoms with van der Waals surface area (Å²) in [7, 11) is 0. The molecule has 1 N–H and O–H groups in total. The fourth-order valence-corrected chi connectivity index (χ4v) is 3.19. The summed E-state index contributed by atoms with van der Waals surface area (Å²) in [5.74, 6) is 0.550. The van der Waals surface area contributed by atoms with Crippen LogP contribution in [-0.4, -0.2) is 43.8 Å². The Hall–Kier alpha value is -2.45. The predicted octanol–water partition coefficient (Wildman–Crippen LogP) is 2.95. The van der Waals surface area contributed by atoms with Crippen molar-refractivity contribution in [3.05, 3.63) is 59.4 Å². The zero-order chi connectivity index (χ0) is 18.5. The minimum atomic E-state index is -0.714. The minimum absolute atomic E-state index is 0.101. The summed E-state index contributed by atoms with van der Waals surface area (Å²) in [5, 5.41) is 22.5. The SMILES string of the molecule is Cc1ccc(-n2nnnc2SC[C@@H](O)COc2ccc(F)cc2)c(C)c1. The number of benzene rings is 2. The lowest BCUT2D eigenvalue weighted by Gasteiger charge is -2.12. The lowest BCUT2D eigenvalue weighted by atomic mass is 10.1. The van der Waals surface area contributed by atoms with E-state index in [0.717, 1.165) is 11.3 Å². The molecule has 0 radical (unpaired) electrons. The molecule has 0 unspecified atom stereocenters. The fourth-order valence-electron chi connectivity index (χ4n) is 2.41. The first kappa shape index (κ1) is 18.3. The maximum absolute atomic E-state index is 12.9. The van der Waals surface area contributed by atoms with Gasteiger partial charge in [0.15, 0.2) is 0 Å². The zero-order valence-corrected chi connectivity index (χ0v) is 15.3. The van der Waals surface area contributed by atoms with Gasteiger partial charge in [-0.3, -0.25) is 0 Å². The highest BCUT2D eigenvalue weighted by Crippen LogP contribution is 2.22. The highest BCUT2D eigenvalue weighted by molar-refractivity contribution is 7.99. The molecule has 1 atom stereocenters. The molecule has 3 aromatic rings. The third kappa shape index (κ3) is 4.59. The smallest absolute Gasteiger partial charge is 0.214 e. The fraction of sp³-hybridized carbons (Fsp3) is 0.278. The van der Waals surface area contributed by atoms with Crippen LogP contribution in [0.15, 0.2) is 47.6 Å². The van der Waals surface area contributed by atoms with E-state index in [-0.39, 0.29) is 12.4 Å². The topological polar surface area (TPSA) is 73.1 Å². The van der Waals surface area contributed by atoms with Crippen LogP contribution in [-0.2, 0) is 0 Å². The molecule has 0 amide bonds. The number of thioether (sulfide) groups is 1. The number of rotatable bonds is 7. The van der Waals surface area contributed by atoms with Gasteiger partial charge >= 0.3 is 0 Å². The second-order valence-corrected chi connectivity index (χ2v) is 6.88. The zero-order valence-electron chi connectivity index (χ0n) is 14.5. The quantitative estimate of drug-likeness (QED) is 0.641. The number of hydrogen-bond acceptors (Lipinski definition) is 6. The number of tetrazole rings is 1. The largest absolute Gasteiger partial charge is 0.491 e. The van der Waals surface area contributed by atoms with Gasteiger partial charge in [-0.05, 0) is 60.2 Å². The number of hydrogen-bond donors (Lipinski definition) is 1. The predicted molar refractivity (Wildman–Crippen MR) is 97.3 cm³/mol. The first-order valence-corrected chi connectivity index (χ1v) is 9.07. The van der Waals surface area contributed by atoms with E-state index >= 15 is 0 Å². The lowest BCUT2D eigenvalue weighted by molar-refractivity contribution is 0.126. The van der Waals surface area contributed by atoms with Gasteiger partial charge in [-0.2, -0.15) is 4.68 Å². The highest BCUT2D eigenvalue weighted by atomic mass is 32.2. The van der Waals surface area contributed by atoms with Gasteiger partial charge < -0.3 is 9.84 Å². The number of aryl methyl sites for hydroxylation is 2. The van der Waals surface area contributed by atoms with E-state index in [4.69, 9.17) is 4.74 Å². The number of nitrogens with zero attached hydrogens (tertiary/aromatic N) is 4. The van der Waals surface area contributed by atoms with Gasteiger partial charge in [-0.25, -0.2) is 4.39 Å².